The molecule has 0 heterocycles. The van der Waals surface area contributed by atoms with Gasteiger partial charge in [-0.2, -0.15) is 0 Å². The molecule has 20 heavy (non-hydrogen) atoms. The maximum Gasteiger partial charge on any atom is 0.0474 e. The molecule has 4 unspecified atom stereocenters. The van der Waals surface area contributed by atoms with Gasteiger partial charge >= 0.3 is 0 Å². The van der Waals surface area contributed by atoms with Crippen LogP contribution in [0.15, 0.2) is 30.3 Å². The van der Waals surface area contributed by atoms with E-state index in [1.165, 1.54) is 18.4 Å². The third-order valence-electron chi connectivity index (χ3n) is 4.75. The highest BCUT2D eigenvalue weighted by atomic mass is 16.3. The van der Waals surface area contributed by atoms with Gasteiger partial charge < -0.3 is 16.2 Å². The molecule has 4 N–H and O–H groups in total. The molecular formula is C17H28N2O. The van der Waals surface area contributed by atoms with Gasteiger partial charge in [0.25, 0.3) is 0 Å². The molecule has 1 saturated carbocycles. The molecule has 4 atom stereocenters. The monoisotopic (exact) mass is 276 g/mol. The summed E-state index contributed by atoms with van der Waals surface area (Å²) in [5, 5.41) is 13.3. The van der Waals surface area contributed by atoms with Crippen LogP contribution in [0, 0.1) is 5.92 Å². The van der Waals surface area contributed by atoms with Crippen molar-refractivity contribution in [1.82, 2.24) is 5.32 Å². The van der Waals surface area contributed by atoms with Crippen LogP contribution in [-0.2, 0) is 0 Å². The van der Waals surface area contributed by atoms with Gasteiger partial charge in [-0.25, -0.2) is 0 Å². The van der Waals surface area contributed by atoms with Crippen molar-refractivity contribution in [2.24, 2.45) is 11.7 Å². The van der Waals surface area contributed by atoms with E-state index < -0.39 is 0 Å². The van der Waals surface area contributed by atoms with Gasteiger partial charge in [0.2, 0.25) is 0 Å². The van der Waals surface area contributed by atoms with Crippen molar-refractivity contribution in [1.29, 1.82) is 0 Å². The van der Waals surface area contributed by atoms with Crippen LogP contribution in [0.3, 0.4) is 0 Å². The van der Waals surface area contributed by atoms with Crippen LogP contribution in [0.1, 0.15) is 44.1 Å². The molecule has 3 nitrogen and oxygen atoms in total. The van der Waals surface area contributed by atoms with Crippen LogP contribution in [0.2, 0.25) is 0 Å². The summed E-state index contributed by atoms with van der Waals surface area (Å²) in [6, 6.07) is 11.2. The molecule has 0 radical (unpaired) electrons. The molecule has 0 spiro atoms. The van der Waals surface area contributed by atoms with Crippen molar-refractivity contribution >= 4 is 0 Å². The second-order valence-electron chi connectivity index (χ2n) is 6.04. The lowest BCUT2D eigenvalue weighted by atomic mass is 9.83. The first-order chi connectivity index (χ1) is 9.76. The van der Waals surface area contributed by atoms with E-state index in [1.807, 2.05) is 6.07 Å². The van der Waals surface area contributed by atoms with Gasteiger partial charge in [-0.15, -0.1) is 0 Å². The van der Waals surface area contributed by atoms with E-state index >= 15 is 0 Å². The largest absolute Gasteiger partial charge is 0.396 e. The molecule has 1 aromatic carbocycles. The molecule has 0 bridgehead atoms. The maximum absolute atomic E-state index is 9.53. The van der Waals surface area contributed by atoms with Crippen LogP contribution in [-0.4, -0.2) is 30.3 Å². The van der Waals surface area contributed by atoms with Gasteiger partial charge in [0, 0.05) is 25.2 Å². The molecule has 2 rings (SSSR count). The molecule has 1 aliphatic rings. The maximum atomic E-state index is 9.53. The zero-order valence-electron chi connectivity index (χ0n) is 12.5. The van der Waals surface area contributed by atoms with Crippen LogP contribution in [0.5, 0.6) is 0 Å². The molecule has 0 aliphatic heterocycles. The fourth-order valence-corrected chi connectivity index (χ4v) is 3.33. The van der Waals surface area contributed by atoms with E-state index in [0.29, 0.717) is 24.4 Å². The van der Waals surface area contributed by atoms with Crippen LogP contribution in [0.4, 0.5) is 0 Å². The first kappa shape index (κ1) is 15.5. The lowest BCUT2D eigenvalue weighted by molar-refractivity contribution is 0.144. The summed E-state index contributed by atoms with van der Waals surface area (Å²) in [6.45, 7) is 3.15. The van der Waals surface area contributed by atoms with E-state index in [-0.39, 0.29) is 12.6 Å². The Morgan fingerprint density at radius 2 is 1.95 bits per heavy atom. The number of hydrogen-bond donors (Lipinski definition) is 3. The number of aliphatic hydroxyl groups excluding tert-OH is 1. The first-order valence-corrected chi connectivity index (χ1v) is 7.88. The van der Waals surface area contributed by atoms with Gasteiger partial charge in [-0.3, -0.25) is 0 Å². The van der Waals surface area contributed by atoms with E-state index in [2.05, 4.69) is 36.5 Å². The Bertz CT molecular complexity index is 382. The number of nitrogens with one attached hydrogen (secondary N) is 1. The van der Waals surface area contributed by atoms with E-state index in [9.17, 15) is 5.11 Å². The van der Waals surface area contributed by atoms with Crippen LogP contribution < -0.4 is 11.1 Å². The van der Waals surface area contributed by atoms with E-state index in [4.69, 9.17) is 5.73 Å². The topological polar surface area (TPSA) is 58.3 Å². The minimum Gasteiger partial charge on any atom is -0.396 e. The van der Waals surface area contributed by atoms with Crippen molar-refractivity contribution < 1.29 is 5.11 Å². The van der Waals surface area contributed by atoms with Crippen LogP contribution in [0.25, 0.3) is 0 Å². The quantitative estimate of drug-likeness (QED) is 0.747. The standard InChI is InChI=1S/C17H28N2O/c1-13(14-7-3-2-4-8-14)17(11-18)19-16-10-6-5-9-15(16)12-20/h2-4,7-8,13,15-17,19-20H,5-6,9-12,18H2,1H3. The van der Waals surface area contributed by atoms with E-state index in [0.717, 1.165) is 12.8 Å². The van der Waals surface area contributed by atoms with Gasteiger partial charge in [-0.05, 0) is 30.2 Å². The molecule has 1 aliphatic carbocycles. The predicted molar refractivity (Wildman–Crippen MR) is 83.7 cm³/mol. The summed E-state index contributed by atoms with van der Waals surface area (Å²) in [5.41, 5.74) is 7.32. The highest BCUT2D eigenvalue weighted by molar-refractivity contribution is 5.20. The van der Waals surface area contributed by atoms with Crippen molar-refractivity contribution in [2.45, 2.75) is 50.6 Å². The van der Waals surface area contributed by atoms with Gasteiger partial charge in [0.15, 0.2) is 0 Å². The summed E-state index contributed by atoms with van der Waals surface area (Å²) in [5.74, 6) is 0.781. The van der Waals surface area contributed by atoms with Gasteiger partial charge in [0.05, 0.1) is 0 Å². The number of nitrogens with two attached hydrogens (primary N) is 1. The smallest absolute Gasteiger partial charge is 0.0474 e. The second-order valence-corrected chi connectivity index (χ2v) is 6.04. The second kappa shape index (κ2) is 7.77. The number of rotatable bonds is 6. The Morgan fingerprint density at radius 1 is 1.25 bits per heavy atom. The average molecular weight is 276 g/mol. The molecular weight excluding hydrogens is 248 g/mol. The van der Waals surface area contributed by atoms with Gasteiger partial charge in [0.1, 0.15) is 0 Å². The lowest BCUT2D eigenvalue weighted by Gasteiger charge is -2.36. The molecule has 1 aromatic rings. The SMILES string of the molecule is CC(c1ccccc1)C(CN)NC1CCCCC1CO. The van der Waals surface area contributed by atoms with E-state index in [1.54, 1.807) is 0 Å². The minimum atomic E-state index is 0.273. The first-order valence-electron chi connectivity index (χ1n) is 7.88. The zero-order valence-corrected chi connectivity index (χ0v) is 12.5. The fourth-order valence-electron chi connectivity index (χ4n) is 3.33. The highest BCUT2D eigenvalue weighted by Crippen LogP contribution is 2.26. The Kier molecular flexibility index (Phi) is 6.02. The van der Waals surface area contributed by atoms with Crippen molar-refractivity contribution in [2.75, 3.05) is 13.2 Å². The number of benzene rings is 1. The molecule has 0 amide bonds. The molecule has 0 saturated heterocycles. The Labute approximate surface area is 122 Å². The number of aliphatic hydroxyl groups is 1. The Hall–Kier alpha value is -0.900. The van der Waals surface area contributed by atoms with Crippen molar-refractivity contribution in [3.05, 3.63) is 35.9 Å². The average Bonchev–Trinajstić information content (AvgIpc) is 2.53. The minimum absolute atomic E-state index is 0.273. The summed E-state index contributed by atoms with van der Waals surface area (Å²) in [6.07, 6.45) is 4.78. The summed E-state index contributed by atoms with van der Waals surface area (Å²) >= 11 is 0. The summed E-state index contributed by atoms with van der Waals surface area (Å²) < 4.78 is 0. The fraction of sp³-hybridized carbons (Fsp3) is 0.647. The Morgan fingerprint density at radius 3 is 2.60 bits per heavy atom. The lowest BCUT2D eigenvalue weighted by Crippen LogP contribution is -2.50. The molecule has 1 fully saturated rings. The third-order valence-corrected chi connectivity index (χ3v) is 4.75. The third kappa shape index (κ3) is 3.81. The summed E-state index contributed by atoms with van der Waals surface area (Å²) in [4.78, 5) is 0. The molecule has 112 valence electrons. The summed E-state index contributed by atoms with van der Waals surface area (Å²) in [7, 11) is 0. The number of hydrogen-bond acceptors (Lipinski definition) is 3. The Balaban J connectivity index is 2.00. The van der Waals surface area contributed by atoms with Crippen molar-refractivity contribution in [3.63, 3.8) is 0 Å². The van der Waals surface area contributed by atoms with Crippen LogP contribution >= 0.6 is 0 Å². The predicted octanol–water partition coefficient (Wildman–Crippen LogP) is 2.26. The van der Waals surface area contributed by atoms with Crippen molar-refractivity contribution in [3.8, 4) is 0 Å². The van der Waals surface area contributed by atoms with Gasteiger partial charge in [-0.1, -0.05) is 50.1 Å². The normalized spacial score (nSPS) is 26.1. The highest BCUT2D eigenvalue weighted by Gasteiger charge is 2.28. The zero-order chi connectivity index (χ0) is 14.4. The molecule has 0 aromatic heterocycles. The molecule has 3 heteroatoms.